The predicted molar refractivity (Wildman–Crippen MR) is 83.0 cm³/mol. The minimum Gasteiger partial charge on any atom is -0.399 e. The number of nitrogens with two attached hydrogens (primary N) is 2. The van der Waals surface area contributed by atoms with Crippen LogP contribution in [0.25, 0.3) is 6.08 Å². The number of amides is 2. The van der Waals surface area contributed by atoms with Crippen LogP contribution in [0.3, 0.4) is 0 Å². The van der Waals surface area contributed by atoms with Gasteiger partial charge in [0.1, 0.15) is 0 Å². The van der Waals surface area contributed by atoms with E-state index in [2.05, 4.69) is 0 Å². The van der Waals surface area contributed by atoms with E-state index in [-0.39, 0.29) is 23.8 Å². The number of carbonyl (C=O) groups excluding carboxylic acids is 2. The fraction of sp³-hybridized carbons (Fsp3) is 0.375. The third-order valence-electron chi connectivity index (χ3n) is 3.92. The Balaban J connectivity index is 2.04. The molecule has 2 unspecified atom stereocenters. The average molecular weight is 287 g/mol. The van der Waals surface area contributed by atoms with Gasteiger partial charge in [-0.2, -0.15) is 0 Å². The van der Waals surface area contributed by atoms with Gasteiger partial charge in [0.05, 0.1) is 5.92 Å². The minimum absolute atomic E-state index is 0.0923. The fourth-order valence-corrected chi connectivity index (χ4v) is 2.52. The van der Waals surface area contributed by atoms with Crippen molar-refractivity contribution >= 4 is 23.6 Å². The molecular formula is C16H21N3O2. The van der Waals surface area contributed by atoms with Gasteiger partial charge in [-0.15, -0.1) is 0 Å². The Hall–Kier alpha value is -2.30. The summed E-state index contributed by atoms with van der Waals surface area (Å²) in [5, 5.41) is 0. The van der Waals surface area contributed by atoms with E-state index in [1.807, 2.05) is 19.1 Å². The number of rotatable bonds is 3. The summed E-state index contributed by atoms with van der Waals surface area (Å²) < 4.78 is 0. The second kappa shape index (κ2) is 6.43. The van der Waals surface area contributed by atoms with Gasteiger partial charge in [0.25, 0.3) is 0 Å². The van der Waals surface area contributed by atoms with Crippen molar-refractivity contribution < 1.29 is 9.59 Å². The molecule has 0 aromatic heterocycles. The number of anilines is 1. The first kappa shape index (κ1) is 15.1. The molecule has 2 rings (SSSR count). The van der Waals surface area contributed by atoms with Crippen molar-refractivity contribution in [2.24, 2.45) is 11.7 Å². The highest BCUT2D eigenvalue weighted by Crippen LogP contribution is 2.22. The molecule has 1 aliphatic rings. The molecule has 4 N–H and O–H groups in total. The molecule has 0 saturated carbocycles. The van der Waals surface area contributed by atoms with Crippen molar-refractivity contribution in [2.75, 3.05) is 12.3 Å². The van der Waals surface area contributed by atoms with Crippen molar-refractivity contribution in [3.05, 3.63) is 35.9 Å². The van der Waals surface area contributed by atoms with Gasteiger partial charge in [-0.3, -0.25) is 9.59 Å². The lowest BCUT2D eigenvalue weighted by Crippen LogP contribution is -2.48. The number of nitrogens with zero attached hydrogens (tertiary/aromatic N) is 1. The Bertz CT molecular complexity index is 551. The minimum atomic E-state index is -0.331. The Morgan fingerprint density at radius 2 is 1.90 bits per heavy atom. The first-order chi connectivity index (χ1) is 9.97. The first-order valence-corrected chi connectivity index (χ1v) is 7.11. The molecule has 1 aliphatic heterocycles. The number of nitrogen functional groups attached to an aromatic ring is 1. The third-order valence-corrected chi connectivity index (χ3v) is 3.92. The number of likely N-dealkylation sites (tertiary alicyclic amines) is 1. The van der Waals surface area contributed by atoms with Crippen LogP contribution in [0.15, 0.2) is 30.3 Å². The maximum atomic E-state index is 12.3. The maximum Gasteiger partial charge on any atom is 0.246 e. The number of hydrogen-bond donors (Lipinski definition) is 2. The standard InChI is InChI=1S/C16H21N3O2/c1-11-2-6-13(16(18)21)10-19(11)15(20)9-5-12-3-7-14(17)8-4-12/h3-5,7-9,11,13H,2,6,10,17H2,1H3,(H2,18,21)/b9-5+. The molecule has 21 heavy (non-hydrogen) atoms. The zero-order valence-corrected chi connectivity index (χ0v) is 12.2. The topological polar surface area (TPSA) is 89.4 Å². The molecule has 0 aliphatic carbocycles. The number of primary amides is 1. The van der Waals surface area contributed by atoms with Gasteiger partial charge in [0.2, 0.25) is 11.8 Å². The van der Waals surface area contributed by atoms with E-state index in [4.69, 9.17) is 11.5 Å². The smallest absolute Gasteiger partial charge is 0.246 e. The van der Waals surface area contributed by atoms with Crippen LogP contribution in [-0.2, 0) is 9.59 Å². The van der Waals surface area contributed by atoms with Crippen LogP contribution in [0.5, 0.6) is 0 Å². The Morgan fingerprint density at radius 3 is 2.52 bits per heavy atom. The monoisotopic (exact) mass is 287 g/mol. The summed E-state index contributed by atoms with van der Waals surface area (Å²) in [7, 11) is 0. The van der Waals surface area contributed by atoms with Gasteiger partial charge < -0.3 is 16.4 Å². The molecule has 0 bridgehead atoms. The van der Waals surface area contributed by atoms with E-state index in [1.54, 1.807) is 23.1 Å². The number of piperidine rings is 1. The molecule has 2 atom stereocenters. The Morgan fingerprint density at radius 1 is 1.24 bits per heavy atom. The molecular weight excluding hydrogens is 266 g/mol. The zero-order valence-electron chi connectivity index (χ0n) is 12.2. The molecule has 2 amide bonds. The highest BCUT2D eigenvalue weighted by atomic mass is 16.2. The molecule has 1 aromatic rings. The van der Waals surface area contributed by atoms with E-state index >= 15 is 0 Å². The molecule has 1 saturated heterocycles. The largest absolute Gasteiger partial charge is 0.399 e. The van der Waals surface area contributed by atoms with E-state index < -0.39 is 0 Å². The summed E-state index contributed by atoms with van der Waals surface area (Å²) >= 11 is 0. The molecule has 5 heteroatoms. The first-order valence-electron chi connectivity index (χ1n) is 7.11. The summed E-state index contributed by atoms with van der Waals surface area (Å²) in [4.78, 5) is 25.3. The number of carbonyl (C=O) groups is 2. The van der Waals surface area contributed by atoms with Crippen LogP contribution in [-0.4, -0.2) is 29.3 Å². The van der Waals surface area contributed by atoms with Gasteiger partial charge >= 0.3 is 0 Å². The van der Waals surface area contributed by atoms with Crippen LogP contribution in [0.4, 0.5) is 5.69 Å². The maximum absolute atomic E-state index is 12.3. The number of hydrogen-bond acceptors (Lipinski definition) is 3. The van der Waals surface area contributed by atoms with Crippen LogP contribution in [0.2, 0.25) is 0 Å². The second-order valence-electron chi connectivity index (χ2n) is 5.52. The average Bonchev–Trinajstić information content (AvgIpc) is 2.46. The van der Waals surface area contributed by atoms with Crippen LogP contribution in [0, 0.1) is 5.92 Å². The zero-order chi connectivity index (χ0) is 15.4. The van der Waals surface area contributed by atoms with Crippen molar-refractivity contribution in [1.82, 2.24) is 4.90 Å². The van der Waals surface area contributed by atoms with Gasteiger partial charge in [-0.05, 0) is 43.5 Å². The van der Waals surface area contributed by atoms with E-state index in [1.165, 1.54) is 6.08 Å². The Kier molecular flexibility index (Phi) is 4.62. The van der Waals surface area contributed by atoms with E-state index in [9.17, 15) is 9.59 Å². The summed E-state index contributed by atoms with van der Waals surface area (Å²) in [6.07, 6.45) is 4.84. The highest BCUT2D eigenvalue weighted by Gasteiger charge is 2.30. The van der Waals surface area contributed by atoms with Crippen LogP contribution < -0.4 is 11.5 Å². The van der Waals surface area contributed by atoms with Crippen LogP contribution >= 0.6 is 0 Å². The quantitative estimate of drug-likeness (QED) is 0.650. The lowest BCUT2D eigenvalue weighted by atomic mass is 9.93. The predicted octanol–water partition coefficient (Wildman–Crippen LogP) is 1.39. The van der Waals surface area contributed by atoms with Gasteiger partial charge in [-0.1, -0.05) is 12.1 Å². The number of benzene rings is 1. The van der Waals surface area contributed by atoms with Crippen molar-refractivity contribution in [3.8, 4) is 0 Å². The lowest BCUT2D eigenvalue weighted by Gasteiger charge is -2.36. The molecule has 1 fully saturated rings. The van der Waals surface area contributed by atoms with Crippen molar-refractivity contribution in [1.29, 1.82) is 0 Å². The summed E-state index contributed by atoms with van der Waals surface area (Å²) in [5.41, 5.74) is 12.6. The Labute approximate surface area is 124 Å². The van der Waals surface area contributed by atoms with Crippen molar-refractivity contribution in [2.45, 2.75) is 25.8 Å². The summed E-state index contributed by atoms with van der Waals surface area (Å²) in [6, 6.07) is 7.41. The SMILES string of the molecule is CC1CCC(C(N)=O)CN1C(=O)/C=C/c1ccc(N)cc1. The molecule has 0 spiro atoms. The third kappa shape index (κ3) is 3.84. The van der Waals surface area contributed by atoms with Gasteiger partial charge in [0.15, 0.2) is 0 Å². The summed E-state index contributed by atoms with van der Waals surface area (Å²) in [6.45, 7) is 2.40. The van der Waals surface area contributed by atoms with Crippen LogP contribution in [0.1, 0.15) is 25.3 Å². The molecule has 1 heterocycles. The molecule has 112 valence electrons. The normalized spacial score (nSPS) is 22.4. The summed E-state index contributed by atoms with van der Waals surface area (Å²) in [5.74, 6) is -0.664. The highest BCUT2D eigenvalue weighted by molar-refractivity contribution is 5.92. The van der Waals surface area contributed by atoms with Gasteiger partial charge in [-0.25, -0.2) is 0 Å². The molecule has 1 aromatic carbocycles. The van der Waals surface area contributed by atoms with E-state index in [0.29, 0.717) is 12.2 Å². The van der Waals surface area contributed by atoms with E-state index in [0.717, 1.165) is 18.4 Å². The van der Waals surface area contributed by atoms with Gasteiger partial charge in [0, 0.05) is 24.4 Å². The molecule has 0 radical (unpaired) electrons. The fourth-order valence-electron chi connectivity index (χ4n) is 2.52. The lowest BCUT2D eigenvalue weighted by molar-refractivity contribution is -0.133. The molecule has 5 nitrogen and oxygen atoms in total. The second-order valence-corrected chi connectivity index (χ2v) is 5.52. The van der Waals surface area contributed by atoms with Crippen molar-refractivity contribution in [3.63, 3.8) is 0 Å².